The predicted molar refractivity (Wildman–Crippen MR) is 48.6 cm³/mol. The molecule has 0 radical (unpaired) electrons. The zero-order valence-electron chi connectivity index (χ0n) is 7.23. The van der Waals surface area contributed by atoms with Crippen LogP contribution in [0.5, 0.6) is 0 Å². The normalized spacial score (nSPS) is 58.2. The lowest BCUT2D eigenvalue weighted by Gasteiger charge is -2.29. The van der Waals surface area contributed by atoms with Crippen LogP contribution in [0.4, 0.5) is 0 Å². The Morgan fingerprint density at radius 2 is 1.85 bits per heavy atom. The lowest BCUT2D eigenvalue weighted by atomic mass is 9.79. The van der Waals surface area contributed by atoms with Gasteiger partial charge in [-0.3, -0.25) is 0 Å². The van der Waals surface area contributed by atoms with E-state index in [1.54, 1.807) is 0 Å². The largest absolute Gasteiger partial charge is 0.381 e. The average molecular weight is 202 g/mol. The standard InChI is InChI=1S/C9H12ClNO2/c10-8-4-1-5(9(8)11-12)7-3-13-2-6(4)7/h4-9H,1-3H2/t4-,5+,6-,7+,8+,9-/m1/s1. The minimum atomic E-state index is -0.144. The van der Waals surface area contributed by atoms with E-state index in [1.807, 2.05) is 0 Å². The van der Waals surface area contributed by atoms with Gasteiger partial charge in [0, 0.05) is 0 Å². The number of nitrogens with zero attached hydrogens (tertiary/aromatic N) is 1. The zero-order chi connectivity index (χ0) is 9.00. The maximum absolute atomic E-state index is 10.6. The highest BCUT2D eigenvalue weighted by atomic mass is 35.5. The fourth-order valence-electron chi connectivity index (χ4n) is 3.52. The highest BCUT2D eigenvalue weighted by Crippen LogP contribution is 2.57. The van der Waals surface area contributed by atoms with Crippen molar-refractivity contribution in [2.45, 2.75) is 17.8 Å². The van der Waals surface area contributed by atoms with E-state index in [1.165, 1.54) is 0 Å². The number of hydrogen-bond acceptors (Lipinski definition) is 3. The SMILES string of the molecule is O=N[C@H]1[C@@H](Cl)[C@@H]2C[C@H]1[C@@H]1COC[C@@H]12. The molecule has 0 unspecified atom stereocenters. The molecule has 0 N–H and O–H groups in total. The molecule has 3 nitrogen and oxygen atoms in total. The van der Waals surface area contributed by atoms with E-state index in [4.69, 9.17) is 16.3 Å². The first-order valence-electron chi connectivity index (χ1n) is 4.87. The van der Waals surface area contributed by atoms with Gasteiger partial charge in [-0.2, -0.15) is 4.91 Å². The van der Waals surface area contributed by atoms with Crippen LogP contribution in [0.1, 0.15) is 6.42 Å². The second kappa shape index (κ2) is 2.67. The quantitative estimate of drug-likeness (QED) is 0.478. The highest BCUT2D eigenvalue weighted by molar-refractivity contribution is 6.21. The number of alkyl halides is 1. The lowest BCUT2D eigenvalue weighted by Crippen LogP contribution is -2.37. The summed E-state index contributed by atoms with van der Waals surface area (Å²) in [7, 11) is 0. The van der Waals surface area contributed by atoms with Gasteiger partial charge in [0.25, 0.3) is 0 Å². The summed E-state index contributed by atoms with van der Waals surface area (Å²) >= 11 is 6.19. The van der Waals surface area contributed by atoms with Crippen LogP contribution in [0.3, 0.4) is 0 Å². The fraction of sp³-hybridized carbons (Fsp3) is 1.00. The first-order chi connectivity index (χ1) is 6.33. The van der Waals surface area contributed by atoms with Crippen LogP contribution in [-0.4, -0.2) is 24.6 Å². The van der Waals surface area contributed by atoms with Crippen LogP contribution in [-0.2, 0) is 4.74 Å². The summed E-state index contributed by atoms with van der Waals surface area (Å²) in [5, 5.41) is 3.15. The molecule has 4 heteroatoms. The Bertz CT molecular complexity index is 248. The molecule has 2 bridgehead atoms. The molecule has 0 spiro atoms. The molecular formula is C9H12ClNO2. The van der Waals surface area contributed by atoms with Gasteiger partial charge in [0.2, 0.25) is 0 Å². The average Bonchev–Trinajstić information content (AvgIpc) is 2.71. The van der Waals surface area contributed by atoms with Crippen molar-refractivity contribution in [2.75, 3.05) is 13.2 Å². The minimum absolute atomic E-state index is 0.0227. The molecule has 13 heavy (non-hydrogen) atoms. The van der Waals surface area contributed by atoms with E-state index < -0.39 is 0 Å². The van der Waals surface area contributed by atoms with Gasteiger partial charge in [0.05, 0.1) is 18.6 Å². The van der Waals surface area contributed by atoms with Crippen molar-refractivity contribution < 1.29 is 4.74 Å². The maximum Gasteiger partial charge on any atom is 0.112 e. The van der Waals surface area contributed by atoms with Crippen LogP contribution >= 0.6 is 11.6 Å². The number of hydrogen-bond donors (Lipinski definition) is 0. The van der Waals surface area contributed by atoms with Gasteiger partial charge in [-0.25, -0.2) is 0 Å². The molecule has 1 aliphatic heterocycles. The highest BCUT2D eigenvalue weighted by Gasteiger charge is 2.60. The zero-order valence-corrected chi connectivity index (χ0v) is 7.98. The Morgan fingerprint density at radius 1 is 1.15 bits per heavy atom. The molecule has 2 aliphatic carbocycles. The summed E-state index contributed by atoms with van der Waals surface area (Å²) < 4.78 is 5.43. The number of rotatable bonds is 1. The van der Waals surface area contributed by atoms with E-state index in [9.17, 15) is 4.91 Å². The van der Waals surface area contributed by atoms with Crippen molar-refractivity contribution in [3.63, 3.8) is 0 Å². The van der Waals surface area contributed by atoms with Gasteiger partial charge < -0.3 is 4.74 Å². The molecule has 0 amide bonds. The third kappa shape index (κ3) is 0.895. The van der Waals surface area contributed by atoms with E-state index in [0.29, 0.717) is 23.7 Å². The van der Waals surface area contributed by atoms with Gasteiger partial charge in [-0.15, -0.1) is 11.6 Å². The van der Waals surface area contributed by atoms with Gasteiger partial charge >= 0.3 is 0 Å². The Hall–Kier alpha value is -0.150. The van der Waals surface area contributed by atoms with Crippen LogP contribution in [0, 0.1) is 28.6 Å². The monoisotopic (exact) mass is 201 g/mol. The van der Waals surface area contributed by atoms with E-state index in [-0.39, 0.29) is 11.4 Å². The van der Waals surface area contributed by atoms with E-state index in [2.05, 4.69) is 5.18 Å². The van der Waals surface area contributed by atoms with Crippen molar-refractivity contribution >= 4 is 11.6 Å². The van der Waals surface area contributed by atoms with Crippen LogP contribution in [0.15, 0.2) is 5.18 Å². The van der Waals surface area contributed by atoms with Gasteiger partial charge in [0.15, 0.2) is 0 Å². The van der Waals surface area contributed by atoms with Crippen LogP contribution < -0.4 is 0 Å². The summed E-state index contributed by atoms with van der Waals surface area (Å²) in [5.74, 6) is 2.09. The van der Waals surface area contributed by atoms with Gasteiger partial charge in [-0.05, 0) is 30.1 Å². The molecule has 3 fully saturated rings. The topological polar surface area (TPSA) is 38.7 Å². The Balaban J connectivity index is 1.91. The third-order valence-corrected chi connectivity index (χ3v) is 4.69. The Kier molecular flexibility index (Phi) is 1.68. The number of ether oxygens (including phenoxy) is 1. The lowest BCUT2D eigenvalue weighted by molar-refractivity contribution is 0.163. The number of nitroso groups, excluding NO2 is 1. The fourth-order valence-corrected chi connectivity index (χ4v) is 4.04. The predicted octanol–water partition coefficient (Wildman–Crippen LogP) is 1.64. The van der Waals surface area contributed by atoms with Crippen LogP contribution in [0.2, 0.25) is 0 Å². The van der Waals surface area contributed by atoms with E-state index >= 15 is 0 Å². The molecule has 1 saturated heterocycles. The van der Waals surface area contributed by atoms with Crippen LogP contribution in [0.25, 0.3) is 0 Å². The van der Waals surface area contributed by atoms with Crippen molar-refractivity contribution in [1.82, 2.24) is 0 Å². The Morgan fingerprint density at radius 3 is 2.54 bits per heavy atom. The summed E-state index contributed by atoms with van der Waals surface area (Å²) in [6.45, 7) is 1.67. The van der Waals surface area contributed by atoms with E-state index in [0.717, 1.165) is 19.6 Å². The van der Waals surface area contributed by atoms with Crippen molar-refractivity contribution in [3.05, 3.63) is 4.91 Å². The number of fused-ring (bicyclic) bond motifs is 5. The summed E-state index contributed by atoms with van der Waals surface area (Å²) in [6.07, 6.45) is 1.10. The molecule has 0 aromatic carbocycles. The molecule has 0 aromatic rings. The molecule has 1 heterocycles. The minimum Gasteiger partial charge on any atom is -0.381 e. The molecule has 2 saturated carbocycles. The van der Waals surface area contributed by atoms with Crippen molar-refractivity contribution in [2.24, 2.45) is 28.8 Å². The number of halogens is 1. The van der Waals surface area contributed by atoms with Gasteiger partial charge in [0.1, 0.15) is 6.04 Å². The second-order valence-corrected chi connectivity index (χ2v) is 4.97. The molecular weight excluding hydrogens is 190 g/mol. The molecule has 3 aliphatic rings. The summed E-state index contributed by atoms with van der Waals surface area (Å²) in [4.78, 5) is 10.6. The van der Waals surface area contributed by atoms with Gasteiger partial charge in [-0.1, -0.05) is 5.18 Å². The molecule has 6 atom stereocenters. The second-order valence-electron chi connectivity index (χ2n) is 4.47. The summed E-state index contributed by atoms with van der Waals surface area (Å²) in [5.41, 5.74) is 0. The first-order valence-corrected chi connectivity index (χ1v) is 5.31. The molecule has 72 valence electrons. The Labute approximate surface area is 81.8 Å². The molecule has 0 aromatic heterocycles. The smallest absolute Gasteiger partial charge is 0.112 e. The molecule has 3 rings (SSSR count). The van der Waals surface area contributed by atoms with Crippen molar-refractivity contribution in [3.8, 4) is 0 Å². The van der Waals surface area contributed by atoms with Crippen molar-refractivity contribution in [1.29, 1.82) is 0 Å². The summed E-state index contributed by atoms with van der Waals surface area (Å²) in [6, 6.07) is -0.144. The third-order valence-electron chi connectivity index (χ3n) is 4.11. The maximum atomic E-state index is 10.6. The first kappa shape index (κ1) is 8.18.